The lowest BCUT2D eigenvalue weighted by Crippen LogP contribution is -2.57. The van der Waals surface area contributed by atoms with Crippen molar-refractivity contribution < 1.29 is 0 Å². The summed E-state index contributed by atoms with van der Waals surface area (Å²) in [6, 6.07) is 3.42. The molecule has 4 heteroatoms. The van der Waals surface area contributed by atoms with Crippen LogP contribution in [0.5, 0.6) is 0 Å². The third-order valence-corrected chi connectivity index (χ3v) is 4.65. The van der Waals surface area contributed by atoms with E-state index >= 15 is 0 Å². The molecule has 0 bridgehead atoms. The van der Waals surface area contributed by atoms with E-state index in [0.717, 1.165) is 25.6 Å². The number of hydrogen-bond donors (Lipinski definition) is 1. The molecule has 0 aliphatic carbocycles. The van der Waals surface area contributed by atoms with Crippen LogP contribution in [0.1, 0.15) is 45.7 Å². The van der Waals surface area contributed by atoms with Gasteiger partial charge in [-0.05, 0) is 18.4 Å². The average Bonchev–Trinajstić information content (AvgIpc) is 2.85. The summed E-state index contributed by atoms with van der Waals surface area (Å²) < 4.78 is 1.90. The molecule has 3 atom stereocenters. The Kier molecular flexibility index (Phi) is 5.61. The molecule has 20 heavy (non-hydrogen) atoms. The minimum atomic E-state index is 0.622. The molecule has 2 heterocycles. The van der Waals surface area contributed by atoms with Gasteiger partial charge in [-0.3, -0.25) is 9.58 Å². The topological polar surface area (TPSA) is 33.1 Å². The minimum Gasteiger partial charge on any atom is -0.311 e. The van der Waals surface area contributed by atoms with Crippen molar-refractivity contribution in [3.63, 3.8) is 0 Å². The first-order chi connectivity index (χ1) is 9.63. The molecule has 1 fully saturated rings. The lowest BCUT2D eigenvalue weighted by atomic mass is 9.94. The highest BCUT2D eigenvalue weighted by atomic mass is 15.3. The van der Waals surface area contributed by atoms with Crippen LogP contribution in [-0.2, 0) is 13.6 Å². The Balaban J connectivity index is 2.02. The van der Waals surface area contributed by atoms with E-state index in [0.29, 0.717) is 12.1 Å². The zero-order valence-electron chi connectivity index (χ0n) is 13.5. The van der Waals surface area contributed by atoms with Gasteiger partial charge in [-0.25, -0.2) is 0 Å². The number of piperazine rings is 1. The van der Waals surface area contributed by atoms with Crippen LogP contribution in [0.3, 0.4) is 0 Å². The zero-order chi connectivity index (χ0) is 14.5. The fraction of sp³-hybridized carbons (Fsp3) is 0.812. The van der Waals surface area contributed by atoms with Crippen molar-refractivity contribution in [2.45, 2.75) is 58.7 Å². The summed E-state index contributed by atoms with van der Waals surface area (Å²) in [5.41, 5.74) is 1.19. The predicted octanol–water partition coefficient (Wildman–Crippen LogP) is 2.41. The Morgan fingerprint density at radius 1 is 1.45 bits per heavy atom. The van der Waals surface area contributed by atoms with Gasteiger partial charge in [0.1, 0.15) is 0 Å². The number of nitrogens with zero attached hydrogens (tertiary/aromatic N) is 3. The van der Waals surface area contributed by atoms with Crippen molar-refractivity contribution in [2.75, 3.05) is 13.1 Å². The first-order valence-corrected chi connectivity index (χ1v) is 8.10. The lowest BCUT2D eigenvalue weighted by Gasteiger charge is -2.42. The van der Waals surface area contributed by atoms with Crippen molar-refractivity contribution in [2.24, 2.45) is 13.0 Å². The monoisotopic (exact) mass is 278 g/mol. The number of aryl methyl sites for hydroxylation is 1. The summed E-state index contributed by atoms with van der Waals surface area (Å²) in [5.74, 6) is 0.740. The third kappa shape index (κ3) is 3.83. The highest BCUT2D eigenvalue weighted by Crippen LogP contribution is 2.20. The fourth-order valence-electron chi connectivity index (χ4n) is 3.12. The maximum absolute atomic E-state index is 4.54. The van der Waals surface area contributed by atoms with E-state index in [4.69, 9.17) is 0 Å². The average molecular weight is 278 g/mol. The van der Waals surface area contributed by atoms with Crippen LogP contribution in [0.4, 0.5) is 0 Å². The van der Waals surface area contributed by atoms with Crippen molar-refractivity contribution in [1.82, 2.24) is 20.0 Å². The number of nitrogens with one attached hydrogen (secondary N) is 1. The highest BCUT2D eigenvalue weighted by Gasteiger charge is 2.29. The van der Waals surface area contributed by atoms with Crippen LogP contribution >= 0.6 is 0 Å². The van der Waals surface area contributed by atoms with Gasteiger partial charge in [0.15, 0.2) is 0 Å². The quantitative estimate of drug-likeness (QED) is 0.867. The van der Waals surface area contributed by atoms with Gasteiger partial charge in [-0.1, -0.05) is 33.6 Å². The Morgan fingerprint density at radius 2 is 2.25 bits per heavy atom. The van der Waals surface area contributed by atoms with Crippen LogP contribution in [0, 0.1) is 5.92 Å². The summed E-state index contributed by atoms with van der Waals surface area (Å²) in [5, 5.41) is 8.30. The van der Waals surface area contributed by atoms with Gasteiger partial charge in [0.05, 0.1) is 5.69 Å². The molecule has 0 radical (unpaired) electrons. The van der Waals surface area contributed by atoms with Crippen LogP contribution < -0.4 is 5.32 Å². The van der Waals surface area contributed by atoms with E-state index in [1.165, 1.54) is 25.0 Å². The molecule has 1 aromatic heterocycles. The number of rotatable bonds is 6. The second-order valence-electron chi connectivity index (χ2n) is 6.25. The smallest absolute Gasteiger partial charge is 0.0764 e. The third-order valence-electron chi connectivity index (χ3n) is 4.65. The molecule has 0 amide bonds. The molecule has 1 aliphatic heterocycles. The molecule has 0 aromatic carbocycles. The van der Waals surface area contributed by atoms with Gasteiger partial charge in [0, 0.05) is 45.0 Å². The van der Waals surface area contributed by atoms with Gasteiger partial charge in [0.2, 0.25) is 0 Å². The lowest BCUT2D eigenvalue weighted by molar-refractivity contribution is 0.0946. The first kappa shape index (κ1) is 15.5. The van der Waals surface area contributed by atoms with E-state index in [1.807, 2.05) is 17.9 Å². The Bertz CT molecular complexity index is 401. The predicted molar refractivity (Wildman–Crippen MR) is 83.6 cm³/mol. The summed E-state index contributed by atoms with van der Waals surface area (Å²) in [4.78, 5) is 2.64. The largest absolute Gasteiger partial charge is 0.311 e. The fourth-order valence-corrected chi connectivity index (χ4v) is 3.12. The maximum Gasteiger partial charge on any atom is 0.0764 e. The van der Waals surface area contributed by atoms with Crippen LogP contribution in [0.2, 0.25) is 0 Å². The molecule has 114 valence electrons. The van der Waals surface area contributed by atoms with E-state index in [-0.39, 0.29) is 0 Å². The molecule has 1 aliphatic rings. The summed E-state index contributed by atoms with van der Waals surface area (Å²) in [6.45, 7) is 10.2. The Labute approximate surface area is 123 Å². The molecular formula is C16H30N4. The number of hydrogen-bond acceptors (Lipinski definition) is 3. The Morgan fingerprint density at radius 3 is 2.85 bits per heavy atom. The normalized spacial score (nSPS) is 25.8. The van der Waals surface area contributed by atoms with Gasteiger partial charge in [0.25, 0.3) is 0 Å². The summed E-state index contributed by atoms with van der Waals surface area (Å²) in [6.07, 6.45) is 5.80. The molecule has 2 rings (SSSR count). The molecule has 1 saturated heterocycles. The second-order valence-corrected chi connectivity index (χ2v) is 6.25. The van der Waals surface area contributed by atoms with E-state index in [2.05, 4.69) is 42.2 Å². The van der Waals surface area contributed by atoms with Gasteiger partial charge < -0.3 is 5.32 Å². The second kappa shape index (κ2) is 7.23. The molecule has 4 nitrogen and oxygen atoms in total. The van der Waals surface area contributed by atoms with Crippen LogP contribution in [0.15, 0.2) is 12.3 Å². The van der Waals surface area contributed by atoms with Gasteiger partial charge in [-0.15, -0.1) is 0 Å². The van der Waals surface area contributed by atoms with Crippen molar-refractivity contribution in [1.29, 1.82) is 0 Å². The van der Waals surface area contributed by atoms with Crippen molar-refractivity contribution in [3.8, 4) is 0 Å². The van der Waals surface area contributed by atoms with Crippen LogP contribution in [0.25, 0.3) is 0 Å². The van der Waals surface area contributed by atoms with Crippen molar-refractivity contribution >= 4 is 0 Å². The Hall–Kier alpha value is -0.870. The molecule has 0 saturated carbocycles. The SMILES string of the molecule is CCCC1CNC(C(C)CC)CN1Cc1ccn(C)n1. The summed E-state index contributed by atoms with van der Waals surface area (Å²) in [7, 11) is 1.99. The van der Waals surface area contributed by atoms with Gasteiger partial charge in [-0.2, -0.15) is 5.10 Å². The molecular weight excluding hydrogens is 248 g/mol. The standard InChI is InChI=1S/C16H30N4/c1-5-7-15-10-17-16(13(3)6-2)12-20(15)11-14-8-9-19(4)18-14/h8-9,13,15-17H,5-7,10-12H2,1-4H3. The molecule has 3 unspecified atom stereocenters. The van der Waals surface area contributed by atoms with E-state index < -0.39 is 0 Å². The van der Waals surface area contributed by atoms with E-state index in [1.54, 1.807) is 0 Å². The molecule has 0 spiro atoms. The van der Waals surface area contributed by atoms with Gasteiger partial charge >= 0.3 is 0 Å². The van der Waals surface area contributed by atoms with Crippen LogP contribution in [-0.4, -0.2) is 39.9 Å². The van der Waals surface area contributed by atoms with E-state index in [9.17, 15) is 0 Å². The minimum absolute atomic E-state index is 0.622. The maximum atomic E-state index is 4.54. The van der Waals surface area contributed by atoms with Crippen molar-refractivity contribution in [3.05, 3.63) is 18.0 Å². The number of aromatic nitrogens is 2. The zero-order valence-corrected chi connectivity index (χ0v) is 13.5. The summed E-state index contributed by atoms with van der Waals surface area (Å²) >= 11 is 0. The molecule has 1 aromatic rings. The highest BCUT2D eigenvalue weighted by molar-refractivity contribution is 5.00. The first-order valence-electron chi connectivity index (χ1n) is 8.10. The molecule has 1 N–H and O–H groups in total.